The van der Waals surface area contributed by atoms with Gasteiger partial charge in [-0.05, 0) is 50.9 Å². The second kappa shape index (κ2) is 6.01. The molecule has 0 heterocycles. The molecule has 2 N–H and O–H groups in total. The SMILES string of the molecule is O=C(O)c1ccc2ccc(-c3ccc4ccccc4c3C(=O)O)cc2c1. The molecule has 0 saturated heterocycles. The van der Waals surface area contributed by atoms with E-state index in [9.17, 15) is 19.8 Å². The summed E-state index contributed by atoms with van der Waals surface area (Å²) < 4.78 is 0. The summed E-state index contributed by atoms with van der Waals surface area (Å²) in [5, 5.41) is 22.2. The van der Waals surface area contributed by atoms with E-state index in [1.54, 1.807) is 30.3 Å². The third-order valence-electron chi connectivity index (χ3n) is 4.54. The van der Waals surface area contributed by atoms with Gasteiger partial charge in [0, 0.05) is 0 Å². The predicted molar refractivity (Wildman–Crippen MR) is 101 cm³/mol. The highest BCUT2D eigenvalue weighted by atomic mass is 16.4. The molecule has 26 heavy (non-hydrogen) atoms. The van der Waals surface area contributed by atoms with E-state index in [4.69, 9.17) is 0 Å². The van der Waals surface area contributed by atoms with Gasteiger partial charge in [0.25, 0.3) is 0 Å². The van der Waals surface area contributed by atoms with Crippen molar-refractivity contribution in [3.8, 4) is 11.1 Å². The molecule has 0 aliphatic heterocycles. The highest BCUT2D eigenvalue weighted by Gasteiger charge is 2.16. The smallest absolute Gasteiger partial charge is 0.336 e. The zero-order chi connectivity index (χ0) is 18.3. The number of hydrogen-bond donors (Lipinski definition) is 2. The summed E-state index contributed by atoms with van der Waals surface area (Å²) in [6, 6.07) is 21.5. The van der Waals surface area contributed by atoms with E-state index in [0.717, 1.165) is 21.7 Å². The number of carboxylic acids is 2. The van der Waals surface area contributed by atoms with Gasteiger partial charge in [-0.3, -0.25) is 0 Å². The first kappa shape index (κ1) is 15.8. The van der Waals surface area contributed by atoms with Gasteiger partial charge in [0.1, 0.15) is 0 Å². The van der Waals surface area contributed by atoms with Gasteiger partial charge in [-0.1, -0.05) is 54.6 Å². The Morgan fingerprint density at radius 2 is 1.38 bits per heavy atom. The number of hydrogen-bond acceptors (Lipinski definition) is 2. The van der Waals surface area contributed by atoms with Crippen LogP contribution in [0.15, 0.2) is 72.8 Å². The standard InChI is InChI=1S/C22H14O4/c23-21(24)16-8-6-13-5-7-15(11-17(13)12-16)19-10-9-14-3-1-2-4-18(14)20(19)22(25)26/h1-12H,(H,23,24)(H,25,26). The average molecular weight is 342 g/mol. The van der Waals surface area contributed by atoms with Crippen molar-refractivity contribution in [1.29, 1.82) is 0 Å². The lowest BCUT2D eigenvalue weighted by Crippen LogP contribution is -2.01. The first-order valence-electron chi connectivity index (χ1n) is 8.07. The van der Waals surface area contributed by atoms with Crippen LogP contribution in [-0.2, 0) is 0 Å². The predicted octanol–water partition coefficient (Wildman–Crippen LogP) is 5.06. The molecule has 4 aromatic rings. The maximum atomic E-state index is 11.9. The maximum Gasteiger partial charge on any atom is 0.336 e. The van der Waals surface area contributed by atoms with Crippen molar-refractivity contribution in [1.82, 2.24) is 0 Å². The Balaban J connectivity index is 1.98. The monoisotopic (exact) mass is 342 g/mol. The van der Waals surface area contributed by atoms with Gasteiger partial charge in [-0.2, -0.15) is 0 Å². The van der Waals surface area contributed by atoms with Crippen LogP contribution in [0.1, 0.15) is 20.7 Å². The first-order chi connectivity index (χ1) is 12.5. The molecular weight excluding hydrogens is 328 g/mol. The van der Waals surface area contributed by atoms with Gasteiger partial charge >= 0.3 is 11.9 Å². The van der Waals surface area contributed by atoms with Crippen molar-refractivity contribution >= 4 is 33.5 Å². The van der Waals surface area contributed by atoms with Crippen LogP contribution in [0.5, 0.6) is 0 Å². The molecule has 0 fully saturated rings. The Hall–Kier alpha value is -3.66. The molecule has 0 aliphatic carbocycles. The quantitative estimate of drug-likeness (QED) is 0.546. The summed E-state index contributed by atoms with van der Waals surface area (Å²) in [5.41, 5.74) is 1.80. The lowest BCUT2D eigenvalue weighted by atomic mass is 9.92. The second-order valence-corrected chi connectivity index (χ2v) is 6.10. The number of carbonyl (C=O) groups is 2. The summed E-state index contributed by atoms with van der Waals surface area (Å²) in [6.45, 7) is 0. The number of carboxylic acid groups (broad SMARTS) is 2. The van der Waals surface area contributed by atoms with Crippen molar-refractivity contribution in [2.45, 2.75) is 0 Å². The van der Waals surface area contributed by atoms with Gasteiger partial charge in [0.2, 0.25) is 0 Å². The Bertz CT molecular complexity index is 1190. The molecular formula is C22H14O4. The van der Waals surface area contributed by atoms with E-state index in [-0.39, 0.29) is 11.1 Å². The first-order valence-corrected chi connectivity index (χ1v) is 8.07. The van der Waals surface area contributed by atoms with Gasteiger partial charge in [0.15, 0.2) is 0 Å². The molecule has 0 saturated carbocycles. The van der Waals surface area contributed by atoms with E-state index < -0.39 is 11.9 Å². The van der Waals surface area contributed by atoms with Crippen molar-refractivity contribution in [2.24, 2.45) is 0 Å². The molecule has 126 valence electrons. The Labute approximate surface area is 148 Å². The van der Waals surface area contributed by atoms with Crippen molar-refractivity contribution in [2.75, 3.05) is 0 Å². The molecule has 0 bridgehead atoms. The zero-order valence-electron chi connectivity index (χ0n) is 13.6. The van der Waals surface area contributed by atoms with Crippen LogP contribution in [0.3, 0.4) is 0 Å². The minimum absolute atomic E-state index is 0.201. The number of fused-ring (bicyclic) bond motifs is 2. The third-order valence-corrected chi connectivity index (χ3v) is 4.54. The van der Waals surface area contributed by atoms with Crippen molar-refractivity contribution in [3.05, 3.63) is 83.9 Å². The van der Waals surface area contributed by atoms with Gasteiger partial charge < -0.3 is 10.2 Å². The highest BCUT2D eigenvalue weighted by Crippen LogP contribution is 2.32. The summed E-state index contributed by atoms with van der Waals surface area (Å²) in [4.78, 5) is 23.2. The molecule has 0 amide bonds. The topological polar surface area (TPSA) is 74.6 Å². The van der Waals surface area contributed by atoms with Crippen LogP contribution < -0.4 is 0 Å². The number of rotatable bonds is 3. The van der Waals surface area contributed by atoms with Crippen LogP contribution >= 0.6 is 0 Å². The molecule has 4 rings (SSSR count). The van der Waals surface area contributed by atoms with Gasteiger partial charge in [-0.25, -0.2) is 9.59 Å². The average Bonchev–Trinajstić information content (AvgIpc) is 2.65. The lowest BCUT2D eigenvalue weighted by molar-refractivity contribution is 0.0687. The normalized spacial score (nSPS) is 10.9. The van der Waals surface area contributed by atoms with E-state index >= 15 is 0 Å². The Kier molecular flexibility index (Phi) is 3.66. The largest absolute Gasteiger partial charge is 0.478 e. The molecule has 4 heteroatoms. The Morgan fingerprint density at radius 1 is 0.654 bits per heavy atom. The summed E-state index contributed by atoms with van der Waals surface area (Å²) >= 11 is 0. The fourth-order valence-electron chi connectivity index (χ4n) is 3.29. The molecule has 4 nitrogen and oxygen atoms in total. The number of aromatic carboxylic acids is 2. The molecule has 0 atom stereocenters. The van der Waals surface area contributed by atoms with Gasteiger partial charge in [-0.15, -0.1) is 0 Å². The number of benzene rings is 4. The highest BCUT2D eigenvalue weighted by molar-refractivity contribution is 6.10. The minimum Gasteiger partial charge on any atom is -0.478 e. The van der Waals surface area contributed by atoms with Crippen LogP contribution in [0.25, 0.3) is 32.7 Å². The Morgan fingerprint density at radius 3 is 2.15 bits per heavy atom. The molecule has 0 aromatic heterocycles. The van der Waals surface area contributed by atoms with Crippen LogP contribution in [0.2, 0.25) is 0 Å². The van der Waals surface area contributed by atoms with Crippen LogP contribution in [0.4, 0.5) is 0 Å². The molecule has 0 aliphatic rings. The molecule has 0 spiro atoms. The third kappa shape index (κ3) is 2.58. The zero-order valence-corrected chi connectivity index (χ0v) is 13.6. The van der Waals surface area contributed by atoms with Crippen LogP contribution in [-0.4, -0.2) is 22.2 Å². The van der Waals surface area contributed by atoms with Crippen molar-refractivity contribution in [3.63, 3.8) is 0 Å². The molecule has 0 radical (unpaired) electrons. The molecule has 0 unspecified atom stereocenters. The lowest BCUT2D eigenvalue weighted by Gasteiger charge is -2.11. The maximum absolute atomic E-state index is 11.9. The fraction of sp³-hybridized carbons (Fsp3) is 0. The van der Waals surface area contributed by atoms with E-state index in [0.29, 0.717) is 10.9 Å². The summed E-state index contributed by atoms with van der Waals surface area (Å²) in [5.74, 6) is -1.98. The van der Waals surface area contributed by atoms with Gasteiger partial charge in [0.05, 0.1) is 11.1 Å². The van der Waals surface area contributed by atoms with Crippen LogP contribution in [0, 0.1) is 0 Å². The minimum atomic E-state index is -0.991. The molecule has 4 aromatic carbocycles. The van der Waals surface area contributed by atoms with E-state index in [1.165, 1.54) is 0 Å². The summed E-state index contributed by atoms with van der Waals surface area (Å²) in [6.07, 6.45) is 0. The summed E-state index contributed by atoms with van der Waals surface area (Å²) in [7, 11) is 0. The second-order valence-electron chi connectivity index (χ2n) is 6.10. The van der Waals surface area contributed by atoms with E-state index in [2.05, 4.69) is 0 Å². The van der Waals surface area contributed by atoms with E-state index in [1.807, 2.05) is 42.5 Å². The fourth-order valence-corrected chi connectivity index (χ4v) is 3.29. The van der Waals surface area contributed by atoms with Crippen molar-refractivity contribution < 1.29 is 19.8 Å².